The minimum absolute atomic E-state index is 0.0163. The molecule has 124 valence electrons. The third kappa shape index (κ3) is 3.50. The van der Waals surface area contributed by atoms with Crippen LogP contribution in [0.25, 0.3) is 11.6 Å². The molecular formula is C15H12F3N5O. The van der Waals surface area contributed by atoms with Crippen LogP contribution < -0.4 is 5.32 Å². The maximum Gasteiger partial charge on any atom is 0.471 e. The van der Waals surface area contributed by atoms with Crippen molar-refractivity contribution in [3.05, 3.63) is 54.2 Å². The highest BCUT2D eigenvalue weighted by molar-refractivity contribution is 5.47. The number of benzene rings is 1. The number of anilines is 1. The van der Waals surface area contributed by atoms with E-state index in [1.54, 1.807) is 0 Å². The van der Waals surface area contributed by atoms with E-state index in [1.165, 1.54) is 12.4 Å². The summed E-state index contributed by atoms with van der Waals surface area (Å²) < 4.78 is 41.5. The Morgan fingerprint density at radius 3 is 2.29 bits per heavy atom. The number of aromatic nitrogens is 4. The smallest absolute Gasteiger partial charge is 0.376 e. The molecule has 1 aromatic carbocycles. The Balaban J connectivity index is 1.73. The van der Waals surface area contributed by atoms with E-state index in [1.807, 2.05) is 37.3 Å². The SMILES string of the molecule is CC(Nc1cnc(-c2noc(C(F)(F)F)n2)nc1)c1ccccc1. The fraction of sp³-hybridized carbons (Fsp3) is 0.200. The third-order valence-corrected chi connectivity index (χ3v) is 3.20. The molecule has 0 aliphatic carbocycles. The Morgan fingerprint density at radius 1 is 1.04 bits per heavy atom. The number of rotatable bonds is 4. The summed E-state index contributed by atoms with van der Waals surface area (Å²) in [7, 11) is 0. The molecule has 1 atom stereocenters. The quantitative estimate of drug-likeness (QED) is 0.783. The van der Waals surface area contributed by atoms with E-state index < -0.39 is 12.1 Å². The first-order valence-electron chi connectivity index (χ1n) is 6.98. The first-order valence-corrected chi connectivity index (χ1v) is 6.98. The second-order valence-electron chi connectivity index (χ2n) is 4.99. The van der Waals surface area contributed by atoms with E-state index in [4.69, 9.17) is 0 Å². The molecule has 0 aliphatic rings. The van der Waals surface area contributed by atoms with Crippen LogP contribution in [0.15, 0.2) is 47.2 Å². The van der Waals surface area contributed by atoms with Crippen molar-refractivity contribution in [3.63, 3.8) is 0 Å². The van der Waals surface area contributed by atoms with Crippen molar-refractivity contribution in [3.8, 4) is 11.6 Å². The number of nitrogens with one attached hydrogen (secondary N) is 1. The van der Waals surface area contributed by atoms with Crippen molar-refractivity contribution in [2.75, 3.05) is 5.32 Å². The molecule has 6 nitrogen and oxygen atoms in total. The summed E-state index contributed by atoms with van der Waals surface area (Å²) in [6.45, 7) is 1.97. The van der Waals surface area contributed by atoms with Crippen LogP contribution >= 0.6 is 0 Å². The Bertz CT molecular complexity index is 802. The highest BCUT2D eigenvalue weighted by atomic mass is 19.4. The first kappa shape index (κ1) is 15.9. The van der Waals surface area contributed by atoms with E-state index in [0.29, 0.717) is 5.69 Å². The van der Waals surface area contributed by atoms with Crippen molar-refractivity contribution in [2.24, 2.45) is 0 Å². The van der Waals surface area contributed by atoms with Crippen molar-refractivity contribution in [1.29, 1.82) is 0 Å². The molecule has 24 heavy (non-hydrogen) atoms. The molecule has 9 heteroatoms. The summed E-state index contributed by atoms with van der Waals surface area (Å²) in [5.41, 5.74) is 1.70. The van der Waals surface area contributed by atoms with E-state index >= 15 is 0 Å². The maximum atomic E-state index is 12.4. The minimum Gasteiger partial charge on any atom is -0.376 e. The summed E-state index contributed by atoms with van der Waals surface area (Å²) >= 11 is 0. The molecule has 2 aromatic heterocycles. The van der Waals surface area contributed by atoms with Crippen LogP contribution in [0.2, 0.25) is 0 Å². The summed E-state index contributed by atoms with van der Waals surface area (Å²) in [5.74, 6) is -1.79. The van der Waals surface area contributed by atoms with Crippen LogP contribution in [0.1, 0.15) is 24.4 Å². The highest BCUT2D eigenvalue weighted by Gasteiger charge is 2.38. The summed E-state index contributed by atoms with van der Waals surface area (Å²) in [5, 5.41) is 6.44. The van der Waals surface area contributed by atoms with Gasteiger partial charge in [-0.3, -0.25) is 0 Å². The zero-order valence-corrected chi connectivity index (χ0v) is 12.4. The van der Waals surface area contributed by atoms with Gasteiger partial charge in [0.15, 0.2) is 0 Å². The number of hydrogen-bond acceptors (Lipinski definition) is 6. The molecule has 2 heterocycles. The maximum absolute atomic E-state index is 12.4. The Labute approximate surface area is 134 Å². The molecule has 0 radical (unpaired) electrons. The molecule has 3 aromatic rings. The van der Waals surface area contributed by atoms with E-state index in [0.717, 1.165) is 5.56 Å². The number of alkyl halides is 3. The summed E-state index contributed by atoms with van der Waals surface area (Å²) in [6, 6.07) is 9.76. The molecule has 3 rings (SSSR count). The van der Waals surface area contributed by atoms with Crippen LogP contribution in [0.3, 0.4) is 0 Å². The van der Waals surface area contributed by atoms with Gasteiger partial charge in [0, 0.05) is 6.04 Å². The lowest BCUT2D eigenvalue weighted by atomic mass is 10.1. The predicted molar refractivity (Wildman–Crippen MR) is 78.8 cm³/mol. The molecule has 0 amide bonds. The molecule has 1 unspecified atom stereocenters. The van der Waals surface area contributed by atoms with Gasteiger partial charge in [0.2, 0.25) is 11.6 Å². The van der Waals surface area contributed by atoms with E-state index in [-0.39, 0.29) is 17.7 Å². The topological polar surface area (TPSA) is 76.7 Å². The summed E-state index contributed by atoms with van der Waals surface area (Å²) in [4.78, 5) is 11.2. The van der Waals surface area contributed by atoms with Gasteiger partial charge in [-0.1, -0.05) is 35.5 Å². The van der Waals surface area contributed by atoms with Crippen molar-refractivity contribution in [1.82, 2.24) is 20.1 Å². The van der Waals surface area contributed by atoms with Gasteiger partial charge in [-0.2, -0.15) is 18.2 Å². The van der Waals surface area contributed by atoms with Crippen molar-refractivity contribution < 1.29 is 17.7 Å². The second-order valence-corrected chi connectivity index (χ2v) is 4.99. The second kappa shape index (κ2) is 6.26. The van der Waals surface area contributed by atoms with Gasteiger partial charge in [-0.05, 0) is 12.5 Å². The standard InChI is InChI=1S/C15H12F3N5O/c1-9(10-5-3-2-4-6-10)21-11-7-19-12(20-8-11)13-22-14(24-23-13)15(16,17)18/h2-9,21H,1H3. The molecule has 0 fully saturated rings. The van der Waals surface area contributed by atoms with Gasteiger partial charge in [-0.25, -0.2) is 9.97 Å². The molecule has 0 spiro atoms. The van der Waals surface area contributed by atoms with Gasteiger partial charge in [0.1, 0.15) is 0 Å². The number of nitrogens with zero attached hydrogens (tertiary/aromatic N) is 4. The third-order valence-electron chi connectivity index (χ3n) is 3.20. The minimum atomic E-state index is -4.70. The van der Waals surface area contributed by atoms with Crippen LogP contribution in [-0.4, -0.2) is 20.1 Å². The normalized spacial score (nSPS) is 12.8. The Hall–Kier alpha value is -2.97. The van der Waals surface area contributed by atoms with Crippen LogP contribution in [-0.2, 0) is 6.18 Å². The Kier molecular flexibility index (Phi) is 4.15. The van der Waals surface area contributed by atoms with Gasteiger partial charge in [-0.15, -0.1) is 0 Å². The van der Waals surface area contributed by atoms with Crippen molar-refractivity contribution >= 4 is 5.69 Å². The average Bonchev–Trinajstić information content (AvgIpc) is 3.07. The van der Waals surface area contributed by atoms with E-state index in [2.05, 4.69) is 29.9 Å². The predicted octanol–water partition coefficient (Wildman–Crippen LogP) is 3.72. The van der Waals surface area contributed by atoms with Gasteiger partial charge in [0.05, 0.1) is 18.1 Å². The van der Waals surface area contributed by atoms with Gasteiger partial charge >= 0.3 is 12.1 Å². The molecule has 0 aliphatic heterocycles. The van der Waals surface area contributed by atoms with Crippen LogP contribution in [0, 0.1) is 0 Å². The molecular weight excluding hydrogens is 323 g/mol. The lowest BCUT2D eigenvalue weighted by molar-refractivity contribution is -0.159. The largest absolute Gasteiger partial charge is 0.471 e. The fourth-order valence-electron chi connectivity index (χ4n) is 2.02. The van der Waals surface area contributed by atoms with Crippen molar-refractivity contribution in [2.45, 2.75) is 19.1 Å². The number of halogens is 3. The fourth-order valence-corrected chi connectivity index (χ4v) is 2.02. The lowest BCUT2D eigenvalue weighted by Crippen LogP contribution is -2.07. The molecule has 0 saturated carbocycles. The zero-order chi connectivity index (χ0) is 17.2. The Morgan fingerprint density at radius 2 is 1.71 bits per heavy atom. The summed E-state index contributed by atoms with van der Waals surface area (Å²) in [6.07, 6.45) is -1.80. The van der Waals surface area contributed by atoms with Crippen LogP contribution in [0.4, 0.5) is 18.9 Å². The average molecular weight is 335 g/mol. The van der Waals surface area contributed by atoms with Crippen LogP contribution in [0.5, 0.6) is 0 Å². The molecule has 0 bridgehead atoms. The highest BCUT2D eigenvalue weighted by Crippen LogP contribution is 2.28. The molecule has 0 saturated heterocycles. The van der Waals surface area contributed by atoms with Gasteiger partial charge < -0.3 is 9.84 Å². The number of hydrogen-bond donors (Lipinski definition) is 1. The zero-order valence-electron chi connectivity index (χ0n) is 12.4. The molecule has 1 N–H and O–H groups in total. The first-order chi connectivity index (χ1) is 11.4. The van der Waals surface area contributed by atoms with E-state index in [9.17, 15) is 13.2 Å². The van der Waals surface area contributed by atoms with Gasteiger partial charge in [0.25, 0.3) is 0 Å². The lowest BCUT2D eigenvalue weighted by Gasteiger charge is -2.14. The monoisotopic (exact) mass is 335 g/mol.